The third kappa shape index (κ3) is 13.2. The van der Waals surface area contributed by atoms with E-state index in [1.807, 2.05) is 176 Å². The number of nitrogens with two attached hydrogens (primary N) is 1. The lowest BCUT2D eigenvalue weighted by Gasteiger charge is -2.12. The van der Waals surface area contributed by atoms with Crippen LogP contribution in [0.5, 0.6) is 0 Å². The summed E-state index contributed by atoms with van der Waals surface area (Å²) in [6.07, 6.45) is 0. The molecule has 0 aliphatic heterocycles. The molecule has 11 heterocycles. The summed E-state index contributed by atoms with van der Waals surface area (Å²) >= 11 is 7.07. The molecule has 15 rings (SSSR count). The lowest BCUT2D eigenvalue weighted by molar-refractivity contribution is 0.393. The molecule has 0 bridgehead atoms. The minimum Gasteiger partial charge on any atom is -0.396 e. The zero-order valence-corrected chi connectivity index (χ0v) is 65.0. The molecule has 0 saturated carbocycles. The molecule has 538 valence electrons. The van der Waals surface area contributed by atoms with Gasteiger partial charge in [0.15, 0.2) is 0 Å². The summed E-state index contributed by atoms with van der Waals surface area (Å²) in [5.74, 6) is 3.03. The van der Waals surface area contributed by atoms with Gasteiger partial charge in [-0.2, -0.15) is 15.3 Å². The summed E-state index contributed by atoms with van der Waals surface area (Å²) in [5.41, 5.74) is 32.9. The molecule has 0 unspecified atom stereocenters. The van der Waals surface area contributed by atoms with E-state index < -0.39 is 0 Å². The number of benzene rings is 4. The summed E-state index contributed by atoms with van der Waals surface area (Å²) in [6, 6.07) is 15.9. The van der Waals surface area contributed by atoms with Crippen LogP contribution >= 0.6 is 31.9 Å². The first-order valence-corrected chi connectivity index (χ1v) is 34.3. The van der Waals surface area contributed by atoms with Crippen LogP contribution in [-0.2, 0) is 63.4 Å². The molecule has 4 aromatic carbocycles. The Kier molecular flexibility index (Phi) is 19.8. The van der Waals surface area contributed by atoms with Gasteiger partial charge in [0.25, 0.3) is 0 Å². The molecule has 0 atom stereocenters. The lowest BCUT2D eigenvalue weighted by Crippen LogP contribution is -2.19. The van der Waals surface area contributed by atoms with Gasteiger partial charge in [0, 0.05) is 94.6 Å². The largest absolute Gasteiger partial charge is 0.396 e. The van der Waals surface area contributed by atoms with Crippen molar-refractivity contribution in [3.63, 3.8) is 0 Å². The Bertz CT molecular complexity index is 6000. The van der Waals surface area contributed by atoms with Gasteiger partial charge in [0.2, 0.25) is 0 Å². The molecule has 6 N–H and O–H groups in total. The summed E-state index contributed by atoms with van der Waals surface area (Å²) in [4.78, 5) is 54.3. The van der Waals surface area contributed by atoms with E-state index in [0.717, 1.165) is 206 Å². The fourth-order valence-electron chi connectivity index (χ4n) is 13.3. The SMILES string of the molecule is Cc1nn(C)c(C)c1N.Cc1nn(C)c(C)c1Nc1cc(-c2c(C)noc2C)cc2[nH]c(=O)n(C)c12.Cc1nn(C)c(C)c1Nc1cc(-c2c(C)noc2C)cc2c1n(C)c(=O)n2C.Cc1noc(C)c1-c1cc(Br)c2c(c1)[nH]c(=O)n2C.Cc1noc(C)c1-c1cc(Br)c2c(c1)n(C)c(=O)n2C. The minimum absolute atomic E-state index is 0.0448. The summed E-state index contributed by atoms with van der Waals surface area (Å²) in [6.45, 7) is 27.0. The van der Waals surface area contributed by atoms with E-state index in [-0.39, 0.29) is 22.8 Å². The maximum absolute atomic E-state index is 12.6. The Hall–Kier alpha value is -11.2. The molecule has 0 fully saturated rings. The number of hydrogen-bond acceptors (Lipinski definition) is 18. The third-order valence-corrected chi connectivity index (χ3v) is 20.2. The van der Waals surface area contributed by atoms with Crippen LogP contribution < -0.4 is 39.1 Å². The molecule has 0 amide bonds. The van der Waals surface area contributed by atoms with Crippen molar-refractivity contribution in [1.29, 1.82) is 0 Å². The molecule has 0 spiro atoms. The van der Waals surface area contributed by atoms with Gasteiger partial charge in [0.05, 0.1) is 130 Å². The van der Waals surface area contributed by atoms with Gasteiger partial charge in [-0.15, -0.1) is 0 Å². The van der Waals surface area contributed by atoms with Crippen LogP contribution in [0, 0.1) is 96.9 Å². The van der Waals surface area contributed by atoms with E-state index in [1.54, 1.807) is 74.4 Å². The molecule has 0 aliphatic carbocycles. The number of fused-ring (bicyclic) bond motifs is 4. The summed E-state index contributed by atoms with van der Waals surface area (Å²) in [7, 11) is 16.3. The van der Waals surface area contributed by atoms with Crippen LogP contribution in [0.2, 0.25) is 0 Å². The fraction of sp³-hybridized carbons (Fsp3) is 0.319. The zero-order valence-electron chi connectivity index (χ0n) is 61.9. The van der Waals surface area contributed by atoms with Gasteiger partial charge in [-0.3, -0.25) is 41.4 Å². The number of aromatic amines is 2. The number of rotatable bonds is 8. The number of hydrogen-bond donors (Lipinski definition) is 5. The second-order valence-electron chi connectivity index (χ2n) is 25.9. The van der Waals surface area contributed by atoms with Crippen molar-refractivity contribution in [1.82, 2.24) is 87.3 Å². The molecule has 0 aliphatic rings. The number of nitrogen functional groups attached to an aromatic ring is 1. The molecule has 31 heteroatoms. The molecule has 29 nitrogen and oxygen atoms in total. The smallest absolute Gasteiger partial charge is 0.328 e. The maximum Gasteiger partial charge on any atom is 0.328 e. The Balaban J connectivity index is 0.000000134. The van der Waals surface area contributed by atoms with Gasteiger partial charge in [-0.25, -0.2) is 19.2 Å². The number of imidazole rings is 4. The minimum atomic E-state index is -0.163. The molecule has 103 heavy (non-hydrogen) atoms. The first-order chi connectivity index (χ1) is 48.5. The van der Waals surface area contributed by atoms with Crippen molar-refractivity contribution >= 4 is 104 Å². The predicted molar refractivity (Wildman–Crippen MR) is 408 cm³/mol. The Labute approximate surface area is 607 Å². The van der Waals surface area contributed by atoms with Crippen molar-refractivity contribution in [2.75, 3.05) is 16.4 Å². The van der Waals surface area contributed by atoms with Crippen molar-refractivity contribution in [2.45, 2.75) is 96.9 Å². The van der Waals surface area contributed by atoms with Gasteiger partial charge < -0.3 is 44.4 Å². The van der Waals surface area contributed by atoms with Crippen molar-refractivity contribution in [3.8, 4) is 44.5 Å². The van der Waals surface area contributed by atoms with Gasteiger partial charge in [-0.05, 0) is 200 Å². The van der Waals surface area contributed by atoms with Crippen LogP contribution in [0.3, 0.4) is 0 Å². The van der Waals surface area contributed by atoms with E-state index in [0.29, 0.717) is 0 Å². The van der Waals surface area contributed by atoms with E-state index in [2.05, 4.69) is 88.4 Å². The number of aromatic nitrogens is 18. The molecule has 11 aromatic heterocycles. The summed E-state index contributed by atoms with van der Waals surface area (Å²) < 4.78 is 38.1. The van der Waals surface area contributed by atoms with Gasteiger partial charge in [-0.1, -0.05) is 20.6 Å². The molecular formula is C72H83Br2N21O8. The van der Waals surface area contributed by atoms with Crippen molar-refractivity contribution in [2.24, 2.45) is 63.4 Å². The predicted octanol–water partition coefficient (Wildman–Crippen LogP) is 12.9. The first kappa shape index (κ1) is 73.0. The number of nitrogens with one attached hydrogen (secondary N) is 4. The quantitative estimate of drug-likeness (QED) is 0.0943. The number of H-pyrrole nitrogens is 2. The standard InChI is InChI=1S/C20H24N6O2.C19H22N6O2.C14H14BrN3O2.C13H12BrN3O2.C6H11N3/c1-10-17(13(4)28-23-10)14-8-15(21-18-11(2)22-26(7)12(18)3)19-16(9-14)24(5)20(27)25(19)6;1-9-16(12(4)27-23-9)13-7-14(18-15(8-13)21-19(26)24(18)5)20-17-10(2)22-25(6)11(17)3;1-7-12(8(2)20-16-7)9-5-10(15)13-11(6-9)17(3)14(19)18(13)4;1-6-11(7(2)19-16-6)8-4-9(14)12-10(5-8)15-13(18)17(12)3;1-4-6(7)5(2)9(3)8-4/h8-9,21H,1-7H3;7-8,20H,1-6H3,(H,21,26);5-6H,1-4H3;4-5H,1-3H3,(H,15,18);7H2,1-3H3. The average molecular weight is 1530 g/mol. The Morgan fingerprint density at radius 2 is 0.689 bits per heavy atom. The third-order valence-electron chi connectivity index (χ3n) is 19.0. The second-order valence-corrected chi connectivity index (χ2v) is 27.6. The normalized spacial score (nSPS) is 11.3. The molecule has 15 aromatic rings. The van der Waals surface area contributed by atoms with E-state index in [4.69, 9.17) is 23.8 Å². The lowest BCUT2D eigenvalue weighted by atomic mass is 10.0. The van der Waals surface area contributed by atoms with Crippen LogP contribution in [0.25, 0.3) is 88.6 Å². The van der Waals surface area contributed by atoms with Crippen LogP contribution in [0.15, 0.2) is 94.7 Å². The Morgan fingerprint density at radius 3 is 1.04 bits per heavy atom. The van der Waals surface area contributed by atoms with Crippen LogP contribution in [-0.4, -0.2) is 87.3 Å². The highest BCUT2D eigenvalue weighted by molar-refractivity contribution is 9.11. The Morgan fingerprint density at radius 1 is 0.369 bits per heavy atom. The van der Waals surface area contributed by atoms with E-state index in [1.165, 1.54) is 0 Å². The maximum atomic E-state index is 12.6. The van der Waals surface area contributed by atoms with E-state index in [9.17, 15) is 19.2 Å². The summed E-state index contributed by atoms with van der Waals surface area (Å²) in [5, 5.41) is 36.1. The van der Waals surface area contributed by atoms with Gasteiger partial charge in [0.1, 0.15) is 23.0 Å². The molecule has 0 saturated heterocycles. The first-order valence-electron chi connectivity index (χ1n) is 32.7. The average Bonchev–Trinajstić information content (AvgIpc) is 1.63. The topological polar surface area (TPSA) is 337 Å². The van der Waals surface area contributed by atoms with E-state index >= 15 is 0 Å². The highest BCUT2D eigenvalue weighted by Gasteiger charge is 2.24. The van der Waals surface area contributed by atoms with Crippen LogP contribution in [0.1, 0.15) is 80.0 Å². The van der Waals surface area contributed by atoms with Crippen molar-refractivity contribution in [3.05, 3.63) is 179 Å². The van der Waals surface area contributed by atoms with Crippen molar-refractivity contribution < 1.29 is 18.1 Å². The molecule has 0 radical (unpaired) electrons. The highest BCUT2D eigenvalue weighted by atomic mass is 79.9. The monoisotopic (exact) mass is 1530 g/mol. The number of anilines is 5. The fourth-order valence-corrected chi connectivity index (χ4v) is 14.7. The number of nitrogens with zero attached hydrogens (tertiary/aromatic N) is 16. The van der Waals surface area contributed by atoms with Crippen LogP contribution in [0.4, 0.5) is 28.4 Å². The second kappa shape index (κ2) is 28.0. The number of aryl methyl sites for hydroxylation is 20. The zero-order chi connectivity index (χ0) is 75.1. The van der Waals surface area contributed by atoms with Gasteiger partial charge >= 0.3 is 22.8 Å². The number of halogens is 2. The molecular weight excluding hydrogens is 1450 g/mol. The highest BCUT2D eigenvalue weighted by Crippen LogP contribution is 2.40.